The lowest BCUT2D eigenvalue weighted by atomic mass is 9.85. The highest BCUT2D eigenvalue weighted by Gasteiger charge is 2.27. The molecular weight excluding hydrogens is 242 g/mol. The summed E-state index contributed by atoms with van der Waals surface area (Å²) in [7, 11) is 0. The summed E-state index contributed by atoms with van der Waals surface area (Å²) >= 11 is 1.64. The number of ketones is 1. The van der Waals surface area contributed by atoms with Crippen LogP contribution in [0.5, 0.6) is 0 Å². The topological polar surface area (TPSA) is 29.1 Å². The Kier molecular flexibility index (Phi) is 2.92. The van der Waals surface area contributed by atoms with E-state index < -0.39 is 0 Å². The molecule has 1 aromatic heterocycles. The van der Waals surface area contributed by atoms with Gasteiger partial charge in [-0.05, 0) is 31.0 Å². The van der Waals surface area contributed by atoms with Crippen molar-refractivity contribution >= 4 is 22.8 Å². The van der Waals surface area contributed by atoms with E-state index in [2.05, 4.69) is 11.4 Å². The second kappa shape index (κ2) is 4.58. The Morgan fingerprint density at radius 1 is 1.39 bits per heavy atom. The minimum Gasteiger partial charge on any atom is -0.385 e. The summed E-state index contributed by atoms with van der Waals surface area (Å²) in [4.78, 5) is 13.7. The van der Waals surface area contributed by atoms with Gasteiger partial charge in [-0.15, -0.1) is 11.3 Å². The van der Waals surface area contributed by atoms with E-state index in [-0.39, 0.29) is 11.7 Å². The summed E-state index contributed by atoms with van der Waals surface area (Å²) in [5.74, 6) is 0.268. The molecule has 1 N–H and O–H groups in total. The molecule has 0 radical (unpaired) electrons. The highest BCUT2D eigenvalue weighted by atomic mass is 32.1. The van der Waals surface area contributed by atoms with Crippen LogP contribution in [0.3, 0.4) is 0 Å². The molecule has 1 unspecified atom stereocenters. The van der Waals surface area contributed by atoms with E-state index in [1.165, 1.54) is 4.88 Å². The maximum atomic E-state index is 12.6. The largest absolute Gasteiger partial charge is 0.385 e. The molecule has 1 aliphatic rings. The number of Topliss-reactive ketones (excluding diaryl/α,β-unsaturated/α-hetero) is 1. The second-order valence-electron chi connectivity index (χ2n) is 4.67. The van der Waals surface area contributed by atoms with Crippen LogP contribution in [0.25, 0.3) is 0 Å². The molecule has 18 heavy (non-hydrogen) atoms. The van der Waals surface area contributed by atoms with Gasteiger partial charge in [0.15, 0.2) is 5.78 Å². The van der Waals surface area contributed by atoms with Crippen LogP contribution in [0.2, 0.25) is 0 Å². The number of nitrogens with one attached hydrogen (secondary N) is 1. The fourth-order valence-corrected chi connectivity index (χ4v) is 3.21. The van der Waals surface area contributed by atoms with Crippen molar-refractivity contribution in [2.75, 3.05) is 11.9 Å². The van der Waals surface area contributed by atoms with E-state index in [9.17, 15) is 4.79 Å². The lowest BCUT2D eigenvalue weighted by Crippen LogP contribution is -2.22. The van der Waals surface area contributed by atoms with E-state index in [0.29, 0.717) is 0 Å². The standard InChI is InChI=1S/C15H15NOS/c1-10-8-11(9-18-10)15(17)13-6-7-16-14-5-3-2-4-12(13)14/h2-5,8-9,13,16H,6-7H2,1H3. The number of anilines is 1. The number of hydrogen-bond donors (Lipinski definition) is 1. The maximum absolute atomic E-state index is 12.6. The number of rotatable bonds is 2. The molecule has 3 rings (SSSR count). The molecule has 0 spiro atoms. The predicted molar refractivity (Wildman–Crippen MR) is 75.7 cm³/mol. The zero-order chi connectivity index (χ0) is 12.5. The third kappa shape index (κ3) is 1.95. The Balaban J connectivity index is 1.96. The molecule has 1 aromatic carbocycles. The average Bonchev–Trinajstić information content (AvgIpc) is 2.84. The number of para-hydroxylation sites is 1. The summed E-state index contributed by atoms with van der Waals surface area (Å²) in [6.45, 7) is 2.91. The number of fused-ring (bicyclic) bond motifs is 1. The van der Waals surface area contributed by atoms with Crippen LogP contribution in [0, 0.1) is 6.92 Å². The van der Waals surface area contributed by atoms with Gasteiger partial charge in [0.1, 0.15) is 0 Å². The van der Waals surface area contributed by atoms with Gasteiger partial charge < -0.3 is 5.32 Å². The van der Waals surface area contributed by atoms with Crippen molar-refractivity contribution in [1.82, 2.24) is 0 Å². The van der Waals surface area contributed by atoms with Gasteiger partial charge in [-0.2, -0.15) is 0 Å². The Bertz CT molecular complexity index is 588. The zero-order valence-electron chi connectivity index (χ0n) is 10.3. The van der Waals surface area contributed by atoms with Crippen molar-refractivity contribution in [1.29, 1.82) is 0 Å². The Morgan fingerprint density at radius 2 is 2.22 bits per heavy atom. The van der Waals surface area contributed by atoms with E-state index in [4.69, 9.17) is 0 Å². The molecule has 92 valence electrons. The van der Waals surface area contributed by atoms with Gasteiger partial charge in [0.25, 0.3) is 0 Å². The van der Waals surface area contributed by atoms with E-state index in [0.717, 1.165) is 29.8 Å². The molecule has 2 nitrogen and oxygen atoms in total. The predicted octanol–water partition coefficient (Wildman–Crippen LogP) is 3.84. The van der Waals surface area contributed by atoms with Crippen LogP contribution >= 0.6 is 11.3 Å². The van der Waals surface area contributed by atoms with Gasteiger partial charge >= 0.3 is 0 Å². The minimum atomic E-state index is 0.0106. The number of hydrogen-bond acceptors (Lipinski definition) is 3. The number of carbonyl (C=O) groups excluding carboxylic acids is 1. The van der Waals surface area contributed by atoms with E-state index >= 15 is 0 Å². The maximum Gasteiger partial charge on any atom is 0.171 e. The number of aryl methyl sites for hydroxylation is 1. The minimum absolute atomic E-state index is 0.0106. The van der Waals surface area contributed by atoms with Crippen LogP contribution in [-0.4, -0.2) is 12.3 Å². The molecular formula is C15H15NOS. The smallest absolute Gasteiger partial charge is 0.171 e. The fraction of sp³-hybridized carbons (Fsp3) is 0.267. The van der Waals surface area contributed by atoms with Crippen molar-refractivity contribution in [3.63, 3.8) is 0 Å². The van der Waals surface area contributed by atoms with Gasteiger partial charge in [0, 0.05) is 28.1 Å². The van der Waals surface area contributed by atoms with Crippen LogP contribution < -0.4 is 5.32 Å². The monoisotopic (exact) mass is 257 g/mol. The second-order valence-corrected chi connectivity index (χ2v) is 5.78. The highest BCUT2D eigenvalue weighted by Crippen LogP contribution is 2.34. The molecule has 1 aliphatic heterocycles. The van der Waals surface area contributed by atoms with Crippen molar-refractivity contribution < 1.29 is 4.79 Å². The molecule has 3 heteroatoms. The SMILES string of the molecule is Cc1cc(C(=O)C2CCNc3ccccc32)cs1. The first-order chi connectivity index (χ1) is 8.75. The molecule has 0 bridgehead atoms. The first-order valence-corrected chi connectivity index (χ1v) is 7.06. The summed E-state index contributed by atoms with van der Waals surface area (Å²) in [6.07, 6.45) is 0.880. The summed E-state index contributed by atoms with van der Waals surface area (Å²) in [5, 5.41) is 5.33. The lowest BCUT2D eigenvalue weighted by Gasteiger charge is -2.25. The van der Waals surface area contributed by atoms with Crippen molar-refractivity contribution in [2.24, 2.45) is 0 Å². The lowest BCUT2D eigenvalue weighted by molar-refractivity contribution is 0.0956. The molecule has 0 saturated heterocycles. The third-order valence-corrected chi connectivity index (χ3v) is 4.28. The highest BCUT2D eigenvalue weighted by molar-refractivity contribution is 7.10. The summed E-state index contributed by atoms with van der Waals surface area (Å²) in [5.41, 5.74) is 3.10. The summed E-state index contributed by atoms with van der Waals surface area (Å²) < 4.78 is 0. The van der Waals surface area contributed by atoms with E-state index in [1.807, 2.05) is 36.6 Å². The number of benzene rings is 1. The van der Waals surface area contributed by atoms with Gasteiger partial charge in [0.2, 0.25) is 0 Å². The number of carbonyl (C=O) groups is 1. The molecule has 0 saturated carbocycles. The first-order valence-electron chi connectivity index (χ1n) is 6.18. The van der Waals surface area contributed by atoms with Gasteiger partial charge in [0.05, 0.1) is 5.92 Å². The molecule has 0 aliphatic carbocycles. The Labute approximate surface area is 111 Å². The van der Waals surface area contributed by atoms with Crippen LogP contribution in [0.4, 0.5) is 5.69 Å². The van der Waals surface area contributed by atoms with Crippen LogP contribution in [0.15, 0.2) is 35.7 Å². The normalized spacial score (nSPS) is 17.9. The molecule has 0 amide bonds. The van der Waals surface area contributed by atoms with Crippen molar-refractivity contribution in [2.45, 2.75) is 19.3 Å². The van der Waals surface area contributed by atoms with Gasteiger partial charge in [-0.1, -0.05) is 18.2 Å². The van der Waals surface area contributed by atoms with E-state index in [1.54, 1.807) is 11.3 Å². The molecule has 2 aromatic rings. The zero-order valence-corrected chi connectivity index (χ0v) is 11.1. The van der Waals surface area contributed by atoms with Crippen molar-refractivity contribution in [3.8, 4) is 0 Å². The Morgan fingerprint density at radius 3 is 3.00 bits per heavy atom. The first kappa shape index (κ1) is 11.5. The fourth-order valence-electron chi connectivity index (χ4n) is 2.51. The molecule has 2 heterocycles. The van der Waals surface area contributed by atoms with Crippen LogP contribution in [0.1, 0.15) is 33.1 Å². The average molecular weight is 257 g/mol. The molecule has 1 atom stereocenters. The Hall–Kier alpha value is -1.61. The third-order valence-electron chi connectivity index (χ3n) is 3.42. The van der Waals surface area contributed by atoms with Crippen molar-refractivity contribution in [3.05, 3.63) is 51.7 Å². The quantitative estimate of drug-likeness (QED) is 0.828. The van der Waals surface area contributed by atoms with Crippen LogP contribution in [-0.2, 0) is 0 Å². The molecule has 0 fully saturated rings. The number of thiophene rings is 1. The van der Waals surface area contributed by atoms with Gasteiger partial charge in [-0.3, -0.25) is 4.79 Å². The van der Waals surface area contributed by atoms with Gasteiger partial charge in [-0.25, -0.2) is 0 Å². The summed E-state index contributed by atoms with van der Waals surface area (Å²) in [6, 6.07) is 10.1.